The molecule has 0 aromatic heterocycles. The summed E-state index contributed by atoms with van der Waals surface area (Å²) in [5.41, 5.74) is 9.92. The van der Waals surface area contributed by atoms with Crippen LogP contribution in [-0.4, -0.2) is 25.9 Å². The first-order valence-electron chi connectivity index (χ1n) is 7.69. The molecule has 3 nitrogen and oxygen atoms in total. The lowest BCUT2D eigenvalue weighted by atomic mass is 9.94. The van der Waals surface area contributed by atoms with Gasteiger partial charge in [0.2, 0.25) is 0 Å². The van der Waals surface area contributed by atoms with Crippen LogP contribution in [-0.2, 0) is 24.0 Å². The summed E-state index contributed by atoms with van der Waals surface area (Å²) in [6.45, 7) is 5.15. The highest BCUT2D eigenvalue weighted by Gasteiger charge is 2.19. The Bertz CT molecular complexity index is 437. The van der Waals surface area contributed by atoms with Crippen molar-refractivity contribution < 1.29 is 9.47 Å². The quantitative estimate of drug-likeness (QED) is 0.869. The van der Waals surface area contributed by atoms with Crippen molar-refractivity contribution in [3.8, 4) is 5.75 Å². The molecule has 0 spiro atoms. The molecule has 20 heavy (non-hydrogen) atoms. The van der Waals surface area contributed by atoms with Crippen molar-refractivity contribution in [3.63, 3.8) is 0 Å². The monoisotopic (exact) mass is 277 g/mol. The molecule has 0 amide bonds. The fraction of sp³-hybridized carbons (Fsp3) is 0.647. The van der Waals surface area contributed by atoms with Gasteiger partial charge in [-0.3, -0.25) is 0 Å². The first kappa shape index (κ1) is 15.3. The zero-order valence-corrected chi connectivity index (χ0v) is 12.9. The largest absolute Gasteiger partial charge is 0.496 e. The van der Waals surface area contributed by atoms with Crippen molar-refractivity contribution in [2.24, 2.45) is 5.73 Å². The van der Waals surface area contributed by atoms with Gasteiger partial charge in [-0.25, -0.2) is 0 Å². The standard InChI is InChI=1S/C17H27NO2/c1-4-13-9-15(8-12(2)18)17(19-3)11-14(13)10-16-6-5-7-20-16/h9,11-12,16H,4-8,10,18H2,1-3H3/t12-,16?/m1/s1. The van der Waals surface area contributed by atoms with Crippen LogP contribution < -0.4 is 10.5 Å². The minimum absolute atomic E-state index is 0.151. The van der Waals surface area contributed by atoms with Crippen LogP contribution in [0.4, 0.5) is 0 Å². The molecule has 1 fully saturated rings. The summed E-state index contributed by atoms with van der Waals surface area (Å²) in [6.07, 6.45) is 5.63. The Balaban J connectivity index is 2.25. The molecule has 1 aromatic rings. The van der Waals surface area contributed by atoms with E-state index in [2.05, 4.69) is 19.1 Å². The molecule has 1 unspecified atom stereocenters. The van der Waals surface area contributed by atoms with E-state index in [9.17, 15) is 0 Å². The number of rotatable bonds is 6. The van der Waals surface area contributed by atoms with Crippen LogP contribution >= 0.6 is 0 Å². The van der Waals surface area contributed by atoms with Gasteiger partial charge in [0, 0.05) is 12.6 Å². The number of hydrogen-bond donors (Lipinski definition) is 1. The number of nitrogens with two attached hydrogens (primary N) is 1. The Morgan fingerprint density at radius 3 is 2.70 bits per heavy atom. The fourth-order valence-electron chi connectivity index (χ4n) is 2.98. The van der Waals surface area contributed by atoms with Crippen molar-refractivity contribution in [3.05, 3.63) is 28.8 Å². The van der Waals surface area contributed by atoms with E-state index in [1.807, 2.05) is 6.92 Å². The minimum atomic E-state index is 0.151. The lowest BCUT2D eigenvalue weighted by Crippen LogP contribution is -2.19. The van der Waals surface area contributed by atoms with Gasteiger partial charge in [0.05, 0.1) is 13.2 Å². The molecular formula is C17H27NO2. The van der Waals surface area contributed by atoms with Gasteiger partial charge >= 0.3 is 0 Å². The Kier molecular flexibility index (Phi) is 5.44. The Morgan fingerprint density at radius 1 is 1.35 bits per heavy atom. The molecule has 2 rings (SSSR count). The van der Waals surface area contributed by atoms with Crippen molar-refractivity contribution in [2.75, 3.05) is 13.7 Å². The first-order chi connectivity index (χ1) is 9.63. The van der Waals surface area contributed by atoms with E-state index in [1.165, 1.54) is 29.5 Å². The van der Waals surface area contributed by atoms with Crippen molar-refractivity contribution >= 4 is 0 Å². The summed E-state index contributed by atoms with van der Waals surface area (Å²) in [5.74, 6) is 0.965. The summed E-state index contributed by atoms with van der Waals surface area (Å²) >= 11 is 0. The van der Waals surface area contributed by atoms with Gasteiger partial charge in [0.1, 0.15) is 5.75 Å². The molecule has 0 radical (unpaired) electrons. The van der Waals surface area contributed by atoms with E-state index < -0.39 is 0 Å². The molecule has 1 aromatic carbocycles. The van der Waals surface area contributed by atoms with E-state index in [1.54, 1.807) is 7.11 Å². The topological polar surface area (TPSA) is 44.5 Å². The van der Waals surface area contributed by atoms with Crippen LogP contribution in [0.15, 0.2) is 12.1 Å². The Morgan fingerprint density at radius 2 is 2.15 bits per heavy atom. The third-order valence-corrected chi connectivity index (χ3v) is 4.00. The second-order valence-corrected chi connectivity index (χ2v) is 5.81. The highest BCUT2D eigenvalue weighted by Crippen LogP contribution is 2.28. The van der Waals surface area contributed by atoms with E-state index in [4.69, 9.17) is 15.2 Å². The Labute approximate surface area is 122 Å². The van der Waals surface area contributed by atoms with Gasteiger partial charge in [-0.05, 0) is 61.8 Å². The summed E-state index contributed by atoms with van der Waals surface area (Å²) in [4.78, 5) is 0. The molecule has 3 heteroatoms. The summed E-state index contributed by atoms with van der Waals surface area (Å²) in [5, 5.41) is 0. The zero-order chi connectivity index (χ0) is 14.5. The Hall–Kier alpha value is -1.06. The van der Waals surface area contributed by atoms with Crippen LogP contribution in [0, 0.1) is 0 Å². The molecule has 0 bridgehead atoms. The normalized spacial score (nSPS) is 20.1. The van der Waals surface area contributed by atoms with Gasteiger partial charge in [-0.1, -0.05) is 13.0 Å². The van der Waals surface area contributed by atoms with Crippen LogP contribution in [0.1, 0.15) is 43.4 Å². The molecule has 1 heterocycles. The molecule has 0 aliphatic carbocycles. The van der Waals surface area contributed by atoms with Crippen molar-refractivity contribution in [1.29, 1.82) is 0 Å². The molecule has 1 saturated heterocycles. The number of methoxy groups -OCH3 is 1. The van der Waals surface area contributed by atoms with Crippen molar-refractivity contribution in [1.82, 2.24) is 0 Å². The van der Waals surface area contributed by atoms with Gasteiger partial charge in [-0.2, -0.15) is 0 Å². The lowest BCUT2D eigenvalue weighted by Gasteiger charge is -2.18. The van der Waals surface area contributed by atoms with Crippen LogP contribution in [0.25, 0.3) is 0 Å². The lowest BCUT2D eigenvalue weighted by molar-refractivity contribution is 0.111. The predicted molar refractivity (Wildman–Crippen MR) is 82.4 cm³/mol. The smallest absolute Gasteiger partial charge is 0.122 e. The molecule has 0 saturated carbocycles. The number of hydrogen-bond acceptors (Lipinski definition) is 3. The second-order valence-electron chi connectivity index (χ2n) is 5.81. The maximum Gasteiger partial charge on any atom is 0.122 e. The van der Waals surface area contributed by atoms with E-state index in [-0.39, 0.29) is 6.04 Å². The van der Waals surface area contributed by atoms with E-state index in [0.717, 1.165) is 31.6 Å². The minimum Gasteiger partial charge on any atom is -0.496 e. The highest BCUT2D eigenvalue weighted by atomic mass is 16.5. The van der Waals surface area contributed by atoms with Crippen LogP contribution in [0.2, 0.25) is 0 Å². The fourth-order valence-corrected chi connectivity index (χ4v) is 2.98. The maximum atomic E-state index is 5.93. The first-order valence-corrected chi connectivity index (χ1v) is 7.69. The van der Waals surface area contributed by atoms with E-state index in [0.29, 0.717) is 6.10 Å². The number of benzene rings is 1. The molecule has 112 valence electrons. The van der Waals surface area contributed by atoms with Gasteiger partial charge in [0.25, 0.3) is 0 Å². The van der Waals surface area contributed by atoms with Gasteiger partial charge in [-0.15, -0.1) is 0 Å². The van der Waals surface area contributed by atoms with Crippen molar-refractivity contribution in [2.45, 2.75) is 58.1 Å². The predicted octanol–water partition coefficient (Wildman–Crippen LogP) is 2.87. The second kappa shape index (κ2) is 7.09. The zero-order valence-electron chi connectivity index (χ0n) is 12.9. The number of ether oxygens (including phenoxy) is 2. The molecule has 2 atom stereocenters. The van der Waals surface area contributed by atoms with Crippen LogP contribution in [0.5, 0.6) is 5.75 Å². The maximum absolute atomic E-state index is 5.93. The average molecular weight is 277 g/mol. The summed E-state index contributed by atoms with van der Waals surface area (Å²) in [6, 6.07) is 4.61. The molecular weight excluding hydrogens is 250 g/mol. The average Bonchev–Trinajstić information content (AvgIpc) is 2.92. The highest BCUT2D eigenvalue weighted by molar-refractivity contribution is 5.43. The van der Waals surface area contributed by atoms with Gasteiger partial charge < -0.3 is 15.2 Å². The SMILES string of the molecule is CCc1cc(C[C@@H](C)N)c(OC)cc1CC1CCCO1. The van der Waals surface area contributed by atoms with Crippen LogP contribution in [0.3, 0.4) is 0 Å². The third kappa shape index (κ3) is 3.74. The summed E-state index contributed by atoms with van der Waals surface area (Å²) in [7, 11) is 1.74. The van der Waals surface area contributed by atoms with Gasteiger partial charge in [0.15, 0.2) is 0 Å². The molecule has 1 aliphatic heterocycles. The van der Waals surface area contributed by atoms with E-state index >= 15 is 0 Å². The molecule has 1 aliphatic rings. The summed E-state index contributed by atoms with van der Waals surface area (Å²) < 4.78 is 11.3. The molecule has 2 N–H and O–H groups in total. The third-order valence-electron chi connectivity index (χ3n) is 4.00. The number of aryl methyl sites for hydroxylation is 1.